The van der Waals surface area contributed by atoms with Gasteiger partial charge in [-0.3, -0.25) is 9.69 Å². The van der Waals surface area contributed by atoms with E-state index in [9.17, 15) is 4.79 Å². The molecule has 0 N–H and O–H groups in total. The standard InChI is InChI=1S/C23H26N2O4S/c1-3-27-17-10-11-19-21(13-17)30-23(24-19)25(14-18-8-6-12-28-18)22(26)15-29-20-9-5-4-7-16(20)2/h4-5,7,9-11,13,18H,3,6,8,12,14-15H2,1-2H3. The van der Waals surface area contributed by atoms with Gasteiger partial charge in [0.05, 0.1) is 29.5 Å². The zero-order chi connectivity index (χ0) is 20.9. The number of nitrogens with zero attached hydrogens (tertiary/aromatic N) is 2. The number of para-hydroxylation sites is 1. The number of ether oxygens (including phenoxy) is 3. The second-order valence-electron chi connectivity index (χ2n) is 7.25. The monoisotopic (exact) mass is 426 g/mol. The van der Waals surface area contributed by atoms with E-state index in [-0.39, 0.29) is 18.6 Å². The van der Waals surface area contributed by atoms with E-state index in [1.54, 1.807) is 4.90 Å². The Labute approximate surface area is 180 Å². The first-order chi connectivity index (χ1) is 14.6. The molecule has 4 rings (SSSR count). The lowest BCUT2D eigenvalue weighted by Gasteiger charge is -2.23. The van der Waals surface area contributed by atoms with Crippen molar-refractivity contribution in [2.45, 2.75) is 32.8 Å². The fourth-order valence-corrected chi connectivity index (χ4v) is 4.50. The van der Waals surface area contributed by atoms with Crippen LogP contribution in [0.2, 0.25) is 0 Å². The van der Waals surface area contributed by atoms with E-state index >= 15 is 0 Å². The average Bonchev–Trinajstić information content (AvgIpc) is 3.40. The predicted molar refractivity (Wildman–Crippen MR) is 119 cm³/mol. The fourth-order valence-electron chi connectivity index (χ4n) is 3.48. The Hall–Kier alpha value is -2.64. The Morgan fingerprint density at radius 1 is 1.27 bits per heavy atom. The Morgan fingerprint density at radius 3 is 2.90 bits per heavy atom. The molecule has 2 heterocycles. The molecule has 0 aliphatic carbocycles. The molecule has 1 unspecified atom stereocenters. The molecule has 6 nitrogen and oxygen atoms in total. The van der Waals surface area contributed by atoms with Gasteiger partial charge < -0.3 is 14.2 Å². The first kappa shape index (κ1) is 20.6. The van der Waals surface area contributed by atoms with Crippen molar-refractivity contribution in [1.82, 2.24) is 4.98 Å². The van der Waals surface area contributed by atoms with E-state index < -0.39 is 0 Å². The van der Waals surface area contributed by atoms with Crippen LogP contribution < -0.4 is 14.4 Å². The van der Waals surface area contributed by atoms with Gasteiger partial charge >= 0.3 is 0 Å². The summed E-state index contributed by atoms with van der Waals surface area (Å²) >= 11 is 1.48. The fraction of sp³-hybridized carbons (Fsp3) is 0.391. The zero-order valence-electron chi connectivity index (χ0n) is 17.3. The summed E-state index contributed by atoms with van der Waals surface area (Å²) in [6.45, 7) is 5.71. The van der Waals surface area contributed by atoms with Crippen molar-refractivity contribution in [2.24, 2.45) is 0 Å². The van der Waals surface area contributed by atoms with Crippen molar-refractivity contribution in [1.29, 1.82) is 0 Å². The van der Waals surface area contributed by atoms with Gasteiger partial charge in [-0.25, -0.2) is 4.98 Å². The van der Waals surface area contributed by atoms with Crippen LogP contribution in [0.3, 0.4) is 0 Å². The van der Waals surface area contributed by atoms with Crippen molar-refractivity contribution < 1.29 is 19.0 Å². The lowest BCUT2D eigenvalue weighted by molar-refractivity contribution is -0.120. The number of benzene rings is 2. The molecule has 1 fully saturated rings. The van der Waals surface area contributed by atoms with Gasteiger partial charge in [-0.15, -0.1) is 0 Å². The van der Waals surface area contributed by atoms with Gasteiger partial charge in [0, 0.05) is 6.61 Å². The molecule has 0 saturated carbocycles. The van der Waals surface area contributed by atoms with Crippen LogP contribution in [0.4, 0.5) is 5.13 Å². The normalized spacial score (nSPS) is 16.0. The molecular weight excluding hydrogens is 400 g/mol. The minimum absolute atomic E-state index is 0.0263. The maximum absolute atomic E-state index is 13.1. The molecule has 1 atom stereocenters. The number of fused-ring (bicyclic) bond motifs is 1. The lowest BCUT2D eigenvalue weighted by Crippen LogP contribution is -2.40. The van der Waals surface area contributed by atoms with E-state index in [1.807, 2.05) is 56.3 Å². The highest BCUT2D eigenvalue weighted by Crippen LogP contribution is 2.32. The van der Waals surface area contributed by atoms with Gasteiger partial charge in [0.1, 0.15) is 11.5 Å². The number of thiazole rings is 1. The van der Waals surface area contributed by atoms with Crippen LogP contribution in [0.15, 0.2) is 42.5 Å². The molecule has 2 aromatic carbocycles. The number of anilines is 1. The summed E-state index contributed by atoms with van der Waals surface area (Å²) in [6.07, 6.45) is 1.99. The van der Waals surface area contributed by atoms with Crippen molar-refractivity contribution in [3.63, 3.8) is 0 Å². The Morgan fingerprint density at radius 2 is 2.13 bits per heavy atom. The summed E-state index contributed by atoms with van der Waals surface area (Å²) in [6, 6.07) is 13.5. The highest BCUT2D eigenvalue weighted by molar-refractivity contribution is 7.22. The first-order valence-corrected chi connectivity index (χ1v) is 11.1. The number of rotatable bonds is 8. The third-order valence-electron chi connectivity index (χ3n) is 5.05. The molecule has 3 aromatic rings. The van der Waals surface area contributed by atoms with Gasteiger partial charge in [-0.1, -0.05) is 29.5 Å². The van der Waals surface area contributed by atoms with Crippen LogP contribution in [0, 0.1) is 6.92 Å². The Kier molecular flexibility index (Phi) is 6.50. The third kappa shape index (κ3) is 4.74. The summed E-state index contributed by atoms with van der Waals surface area (Å²) in [5, 5.41) is 0.660. The average molecular weight is 427 g/mol. The lowest BCUT2D eigenvalue weighted by atomic mass is 10.2. The van der Waals surface area contributed by atoms with E-state index in [0.717, 1.165) is 41.0 Å². The SMILES string of the molecule is CCOc1ccc2nc(N(CC3CCCO3)C(=O)COc3ccccc3C)sc2c1. The third-order valence-corrected chi connectivity index (χ3v) is 6.09. The highest BCUT2D eigenvalue weighted by Gasteiger charge is 2.26. The summed E-state index contributed by atoms with van der Waals surface area (Å²) in [5.41, 5.74) is 1.85. The molecule has 1 aliphatic rings. The topological polar surface area (TPSA) is 60.9 Å². The Balaban J connectivity index is 1.56. The molecule has 1 aromatic heterocycles. The number of carbonyl (C=O) groups is 1. The molecular formula is C23H26N2O4S. The van der Waals surface area contributed by atoms with E-state index in [0.29, 0.717) is 24.0 Å². The smallest absolute Gasteiger partial charge is 0.266 e. The Bertz CT molecular complexity index is 1010. The number of amides is 1. The number of aromatic nitrogens is 1. The molecule has 158 valence electrons. The van der Waals surface area contributed by atoms with Crippen LogP contribution in [0.1, 0.15) is 25.3 Å². The van der Waals surface area contributed by atoms with Crippen molar-refractivity contribution >= 4 is 32.6 Å². The summed E-state index contributed by atoms with van der Waals surface area (Å²) < 4.78 is 18.2. The summed E-state index contributed by atoms with van der Waals surface area (Å²) in [7, 11) is 0. The second-order valence-corrected chi connectivity index (χ2v) is 8.26. The van der Waals surface area contributed by atoms with E-state index in [2.05, 4.69) is 0 Å². The highest BCUT2D eigenvalue weighted by atomic mass is 32.1. The van der Waals surface area contributed by atoms with Crippen LogP contribution in [-0.2, 0) is 9.53 Å². The molecule has 1 amide bonds. The van der Waals surface area contributed by atoms with Crippen molar-refractivity contribution in [2.75, 3.05) is 31.3 Å². The maximum atomic E-state index is 13.1. The molecule has 30 heavy (non-hydrogen) atoms. The molecule has 1 aliphatic heterocycles. The summed E-state index contributed by atoms with van der Waals surface area (Å²) in [4.78, 5) is 19.6. The minimum atomic E-state index is -0.127. The molecule has 1 saturated heterocycles. The zero-order valence-corrected chi connectivity index (χ0v) is 18.1. The van der Waals surface area contributed by atoms with Gasteiger partial charge in [0.15, 0.2) is 11.7 Å². The quantitative estimate of drug-likeness (QED) is 0.527. The van der Waals surface area contributed by atoms with Gasteiger partial charge in [-0.05, 0) is 56.5 Å². The maximum Gasteiger partial charge on any atom is 0.266 e. The largest absolute Gasteiger partial charge is 0.494 e. The molecule has 0 radical (unpaired) electrons. The number of hydrogen-bond acceptors (Lipinski definition) is 6. The molecule has 0 spiro atoms. The minimum Gasteiger partial charge on any atom is -0.494 e. The summed E-state index contributed by atoms with van der Waals surface area (Å²) in [5.74, 6) is 1.39. The van der Waals surface area contributed by atoms with E-state index in [1.165, 1.54) is 11.3 Å². The predicted octanol–water partition coefficient (Wildman–Crippen LogP) is 4.59. The van der Waals surface area contributed by atoms with Gasteiger partial charge in [0.2, 0.25) is 0 Å². The second kappa shape index (κ2) is 9.45. The molecule has 7 heteroatoms. The van der Waals surface area contributed by atoms with Crippen LogP contribution >= 0.6 is 11.3 Å². The van der Waals surface area contributed by atoms with E-state index in [4.69, 9.17) is 19.2 Å². The van der Waals surface area contributed by atoms with Gasteiger partial charge in [-0.2, -0.15) is 0 Å². The van der Waals surface area contributed by atoms with Crippen LogP contribution in [0.5, 0.6) is 11.5 Å². The number of aryl methyl sites for hydroxylation is 1. The number of hydrogen-bond donors (Lipinski definition) is 0. The van der Waals surface area contributed by atoms with Crippen molar-refractivity contribution in [3.05, 3.63) is 48.0 Å². The van der Waals surface area contributed by atoms with Gasteiger partial charge in [0.25, 0.3) is 5.91 Å². The van der Waals surface area contributed by atoms with Crippen LogP contribution in [0.25, 0.3) is 10.2 Å². The van der Waals surface area contributed by atoms with Crippen molar-refractivity contribution in [3.8, 4) is 11.5 Å². The first-order valence-electron chi connectivity index (χ1n) is 10.3. The number of carbonyl (C=O) groups excluding carboxylic acids is 1. The molecule has 0 bridgehead atoms. The van der Waals surface area contributed by atoms with Crippen LogP contribution in [-0.4, -0.2) is 43.4 Å².